The molecule has 4 rings (SSSR count). The van der Waals surface area contributed by atoms with Crippen LogP contribution in [0.15, 0.2) is 66.7 Å². The fourth-order valence-electron chi connectivity index (χ4n) is 3.32. The number of rotatable bonds is 4. The molecule has 1 N–H and O–H groups in total. The van der Waals surface area contributed by atoms with E-state index in [-0.39, 0.29) is 11.7 Å². The lowest BCUT2D eigenvalue weighted by Gasteiger charge is -2.09. The lowest BCUT2D eigenvalue weighted by molar-refractivity contribution is 0.101. The third kappa shape index (κ3) is 3.87. The highest BCUT2D eigenvalue weighted by Crippen LogP contribution is 2.24. The van der Waals surface area contributed by atoms with E-state index in [2.05, 4.69) is 15.4 Å². The van der Waals surface area contributed by atoms with Crippen molar-refractivity contribution in [3.63, 3.8) is 0 Å². The van der Waals surface area contributed by atoms with Gasteiger partial charge in [-0.25, -0.2) is 9.67 Å². The average molecular weight is 396 g/mol. The number of aryl methyl sites for hydroxylation is 4. The van der Waals surface area contributed by atoms with E-state index in [1.165, 1.54) is 0 Å². The van der Waals surface area contributed by atoms with Crippen molar-refractivity contribution in [3.05, 3.63) is 94.8 Å². The summed E-state index contributed by atoms with van der Waals surface area (Å²) in [5, 5.41) is 7.54. The molecule has 0 saturated carbocycles. The van der Waals surface area contributed by atoms with Crippen molar-refractivity contribution in [2.75, 3.05) is 5.32 Å². The highest BCUT2D eigenvalue weighted by Gasteiger charge is 2.20. The van der Waals surface area contributed by atoms with E-state index < -0.39 is 0 Å². The molecule has 0 aliphatic heterocycles. The minimum absolute atomic E-state index is 0.134. The smallest absolute Gasteiger partial charge is 0.295 e. The first-order chi connectivity index (χ1) is 14.4. The first kappa shape index (κ1) is 19.6. The molecule has 0 unspecified atom stereocenters. The van der Waals surface area contributed by atoms with Gasteiger partial charge in [0.2, 0.25) is 5.82 Å². The Labute approximate surface area is 176 Å². The van der Waals surface area contributed by atoms with Crippen LogP contribution in [0.2, 0.25) is 0 Å². The largest absolute Gasteiger partial charge is 0.319 e. The highest BCUT2D eigenvalue weighted by atomic mass is 16.2. The zero-order chi connectivity index (χ0) is 21.3. The number of hydrogen-bond acceptors (Lipinski definition) is 3. The molecule has 0 saturated heterocycles. The number of carbonyl (C=O) groups is 1. The summed E-state index contributed by atoms with van der Waals surface area (Å²) in [6.07, 6.45) is 0. The summed E-state index contributed by atoms with van der Waals surface area (Å²) in [4.78, 5) is 17.6. The molecule has 0 bridgehead atoms. The number of anilines is 1. The number of hydrogen-bond donors (Lipinski definition) is 1. The number of carbonyl (C=O) groups excluding carboxylic acids is 1. The van der Waals surface area contributed by atoms with Gasteiger partial charge in [-0.1, -0.05) is 60.2 Å². The molecule has 0 fully saturated rings. The van der Waals surface area contributed by atoms with E-state index >= 15 is 0 Å². The number of benzene rings is 3. The fraction of sp³-hybridized carbons (Fsp3) is 0.160. The molecule has 0 atom stereocenters. The molecule has 5 heteroatoms. The van der Waals surface area contributed by atoms with Crippen molar-refractivity contribution in [3.8, 4) is 17.1 Å². The Morgan fingerprint density at radius 3 is 2.27 bits per heavy atom. The predicted molar refractivity (Wildman–Crippen MR) is 120 cm³/mol. The lowest BCUT2D eigenvalue weighted by atomic mass is 10.1. The molecule has 150 valence electrons. The second-order valence-electron chi connectivity index (χ2n) is 7.60. The van der Waals surface area contributed by atoms with Gasteiger partial charge in [-0.3, -0.25) is 4.79 Å². The van der Waals surface area contributed by atoms with Crippen LogP contribution in [-0.2, 0) is 0 Å². The van der Waals surface area contributed by atoms with Crippen molar-refractivity contribution in [2.24, 2.45) is 0 Å². The molecule has 0 aliphatic carbocycles. The Hall–Kier alpha value is -3.73. The minimum atomic E-state index is -0.329. The van der Waals surface area contributed by atoms with Crippen LogP contribution in [0.5, 0.6) is 0 Å². The highest BCUT2D eigenvalue weighted by molar-refractivity contribution is 6.02. The molecule has 0 aliphatic rings. The van der Waals surface area contributed by atoms with Gasteiger partial charge in [0, 0.05) is 11.3 Å². The van der Waals surface area contributed by atoms with E-state index in [0.29, 0.717) is 5.82 Å². The summed E-state index contributed by atoms with van der Waals surface area (Å²) in [5.74, 6) is 0.439. The van der Waals surface area contributed by atoms with Crippen LogP contribution in [0.25, 0.3) is 17.1 Å². The first-order valence-corrected chi connectivity index (χ1v) is 9.91. The Kier molecular flexibility index (Phi) is 5.19. The number of nitrogens with zero attached hydrogens (tertiary/aromatic N) is 3. The fourth-order valence-corrected chi connectivity index (χ4v) is 3.32. The molecule has 5 nitrogen and oxygen atoms in total. The second-order valence-corrected chi connectivity index (χ2v) is 7.60. The quantitative estimate of drug-likeness (QED) is 0.501. The van der Waals surface area contributed by atoms with Gasteiger partial charge in [-0.05, 0) is 56.5 Å². The molecular formula is C25H24N4O. The second kappa shape index (κ2) is 7.95. The summed E-state index contributed by atoms with van der Waals surface area (Å²) in [5.41, 5.74) is 6.85. The number of nitrogens with one attached hydrogen (secondary N) is 1. The summed E-state index contributed by atoms with van der Waals surface area (Å²) in [6, 6.07) is 22.0. The Balaban J connectivity index is 1.79. The molecule has 1 heterocycles. The van der Waals surface area contributed by atoms with Gasteiger partial charge in [0.1, 0.15) is 0 Å². The molecule has 1 aromatic heterocycles. The summed E-state index contributed by atoms with van der Waals surface area (Å²) in [7, 11) is 0. The standard InChI is InChI=1S/C25H24N4O/c1-16-10-13-20(14-11-16)24-27-23(28-29(24)22-8-6-5-7-19(22)4)25(30)26-21-15-17(2)9-12-18(21)3/h5-15H,1-4H3,(H,26,30). The third-order valence-corrected chi connectivity index (χ3v) is 5.10. The Morgan fingerprint density at radius 2 is 1.53 bits per heavy atom. The van der Waals surface area contributed by atoms with Crippen LogP contribution in [0.1, 0.15) is 32.9 Å². The predicted octanol–water partition coefficient (Wildman–Crippen LogP) is 5.42. The Bertz CT molecular complexity index is 1220. The third-order valence-electron chi connectivity index (χ3n) is 5.10. The van der Waals surface area contributed by atoms with Gasteiger partial charge >= 0.3 is 0 Å². The molecule has 4 aromatic rings. The number of amides is 1. The van der Waals surface area contributed by atoms with E-state index in [9.17, 15) is 4.79 Å². The monoisotopic (exact) mass is 396 g/mol. The van der Waals surface area contributed by atoms with E-state index in [0.717, 1.165) is 39.2 Å². The molecule has 1 amide bonds. The normalized spacial score (nSPS) is 10.8. The van der Waals surface area contributed by atoms with Crippen molar-refractivity contribution < 1.29 is 4.79 Å². The Morgan fingerprint density at radius 1 is 0.833 bits per heavy atom. The van der Waals surface area contributed by atoms with Crippen molar-refractivity contribution in [1.82, 2.24) is 14.8 Å². The van der Waals surface area contributed by atoms with Crippen LogP contribution in [0.4, 0.5) is 5.69 Å². The number of aromatic nitrogens is 3. The summed E-state index contributed by atoms with van der Waals surface area (Å²) < 4.78 is 1.75. The number of para-hydroxylation sites is 1. The summed E-state index contributed by atoms with van der Waals surface area (Å²) >= 11 is 0. The van der Waals surface area contributed by atoms with Crippen molar-refractivity contribution >= 4 is 11.6 Å². The molecule has 0 radical (unpaired) electrons. The van der Waals surface area contributed by atoms with Crippen LogP contribution >= 0.6 is 0 Å². The molecule has 30 heavy (non-hydrogen) atoms. The maximum atomic E-state index is 13.0. The topological polar surface area (TPSA) is 59.8 Å². The van der Waals surface area contributed by atoms with Crippen LogP contribution < -0.4 is 5.32 Å². The van der Waals surface area contributed by atoms with Crippen LogP contribution in [0.3, 0.4) is 0 Å². The zero-order valence-corrected chi connectivity index (χ0v) is 17.6. The van der Waals surface area contributed by atoms with Gasteiger partial charge in [0.15, 0.2) is 5.82 Å². The van der Waals surface area contributed by atoms with E-state index in [1.54, 1.807) is 4.68 Å². The van der Waals surface area contributed by atoms with E-state index in [4.69, 9.17) is 0 Å². The lowest BCUT2D eigenvalue weighted by Crippen LogP contribution is -2.15. The maximum Gasteiger partial charge on any atom is 0.295 e. The van der Waals surface area contributed by atoms with Gasteiger partial charge in [0.25, 0.3) is 5.91 Å². The first-order valence-electron chi connectivity index (χ1n) is 9.91. The van der Waals surface area contributed by atoms with E-state index in [1.807, 2.05) is 94.4 Å². The molecule has 3 aromatic carbocycles. The van der Waals surface area contributed by atoms with Gasteiger partial charge < -0.3 is 5.32 Å². The van der Waals surface area contributed by atoms with Crippen LogP contribution in [0, 0.1) is 27.7 Å². The van der Waals surface area contributed by atoms with Gasteiger partial charge in [0.05, 0.1) is 5.69 Å². The van der Waals surface area contributed by atoms with Crippen LogP contribution in [-0.4, -0.2) is 20.7 Å². The maximum absolute atomic E-state index is 13.0. The molecule has 0 spiro atoms. The SMILES string of the molecule is Cc1ccc(-c2nc(C(=O)Nc3cc(C)ccc3C)nn2-c2ccccc2C)cc1. The van der Waals surface area contributed by atoms with Gasteiger partial charge in [-0.15, -0.1) is 5.10 Å². The average Bonchev–Trinajstić information content (AvgIpc) is 3.17. The summed E-state index contributed by atoms with van der Waals surface area (Å²) in [6.45, 7) is 8.02. The minimum Gasteiger partial charge on any atom is -0.319 e. The van der Waals surface area contributed by atoms with Crippen molar-refractivity contribution in [2.45, 2.75) is 27.7 Å². The zero-order valence-electron chi connectivity index (χ0n) is 17.6. The van der Waals surface area contributed by atoms with Crippen molar-refractivity contribution in [1.29, 1.82) is 0 Å². The molecular weight excluding hydrogens is 372 g/mol. The van der Waals surface area contributed by atoms with Gasteiger partial charge in [-0.2, -0.15) is 0 Å².